The molecule has 6 atom stereocenters. The van der Waals surface area contributed by atoms with E-state index in [-0.39, 0.29) is 84.0 Å². The monoisotopic (exact) mass is 722 g/mol. The Morgan fingerprint density at radius 1 is 0.604 bits per heavy atom. The highest BCUT2D eigenvalue weighted by Gasteiger charge is 2.32. The third kappa shape index (κ3) is 8.88. The molecule has 0 heterocycles. The second-order valence-electron chi connectivity index (χ2n) is 14.1. The van der Waals surface area contributed by atoms with Crippen LogP contribution in [0, 0.1) is 35.0 Å². The van der Waals surface area contributed by atoms with Gasteiger partial charge in [-0.3, -0.25) is 34.2 Å². The minimum absolute atomic E-state index is 0.0187. The first-order valence-corrected chi connectivity index (χ1v) is 17.6. The van der Waals surface area contributed by atoms with E-state index in [1.807, 2.05) is 27.7 Å². The van der Waals surface area contributed by atoms with Crippen LogP contribution in [0.3, 0.4) is 0 Å². The topological polar surface area (TPSA) is 238 Å². The molecule has 14 nitrogen and oxygen atoms in total. The maximum atomic E-state index is 13.3. The fourth-order valence-corrected chi connectivity index (χ4v) is 6.93. The van der Waals surface area contributed by atoms with Gasteiger partial charge in [0.1, 0.15) is 0 Å². The summed E-state index contributed by atoms with van der Waals surface area (Å²) in [5, 5.41) is 21.6. The van der Waals surface area contributed by atoms with Gasteiger partial charge in [-0.15, -0.1) is 0 Å². The van der Waals surface area contributed by atoms with Crippen molar-refractivity contribution < 1.29 is 28.8 Å². The van der Waals surface area contributed by atoms with Gasteiger partial charge in [-0.25, -0.2) is 0 Å². The van der Waals surface area contributed by atoms with E-state index in [0.29, 0.717) is 57.0 Å². The largest absolute Gasteiger partial charge is 0.388 e. The van der Waals surface area contributed by atoms with Crippen LogP contribution in [0.1, 0.15) is 47.5 Å². The average molecular weight is 723 g/mol. The lowest BCUT2D eigenvalue weighted by molar-refractivity contribution is -0.118. The Morgan fingerprint density at radius 2 is 1.04 bits per heavy atom. The summed E-state index contributed by atoms with van der Waals surface area (Å²) in [4.78, 5) is 76.9. The van der Waals surface area contributed by atoms with E-state index in [1.54, 1.807) is 55.5 Å². The first-order chi connectivity index (χ1) is 25.0. The SMILES string of the molecule is CC1C=C(NC(=O)C2=CC(NC(=O)C3=CC(NC(=O)C4=CC(NC(=O)C5=CC(C(N)=O)=CC5C)CC4C)=CC3C)=CC2C)C=C1C(=O)NCCC(=N)N. The van der Waals surface area contributed by atoms with E-state index in [9.17, 15) is 28.8 Å². The summed E-state index contributed by atoms with van der Waals surface area (Å²) in [6.45, 7) is 9.47. The number of hydrogen-bond donors (Lipinski definition) is 8. The molecule has 6 unspecified atom stereocenters. The molecule has 0 aliphatic heterocycles. The molecule has 5 aliphatic carbocycles. The van der Waals surface area contributed by atoms with Crippen molar-refractivity contribution >= 4 is 41.3 Å². The van der Waals surface area contributed by atoms with E-state index < -0.39 is 5.91 Å². The van der Waals surface area contributed by atoms with E-state index in [0.717, 1.165) is 0 Å². The molecule has 278 valence electrons. The third-order valence-electron chi connectivity index (χ3n) is 9.81. The number of amides is 6. The predicted octanol–water partition coefficient (Wildman–Crippen LogP) is 1.60. The summed E-state index contributed by atoms with van der Waals surface area (Å²) in [7, 11) is 0. The van der Waals surface area contributed by atoms with E-state index in [1.165, 1.54) is 6.08 Å². The van der Waals surface area contributed by atoms with Crippen molar-refractivity contribution in [2.24, 2.45) is 41.1 Å². The standard InChI is InChI=1S/C39H46N8O6/c1-18-8-23(34(42)48)13-28(18)36(50)44-25-10-20(3)30(15-25)38(52)46-27-12-22(5)32(17-27)39(53)47-26-11-21(4)31(16-26)37(51)45-24-9-19(2)29(14-24)35(49)43-7-6-33(40)41/h8-9,11-22,25H,6-7,10H2,1-5H3,(H3,40,41)(H2,42,48)(H,43,49)(H,44,50)(H,45,51)(H,46,52)(H,47,53). The molecule has 10 N–H and O–H groups in total. The van der Waals surface area contributed by atoms with Crippen molar-refractivity contribution in [1.82, 2.24) is 26.6 Å². The summed E-state index contributed by atoms with van der Waals surface area (Å²) in [5.74, 6) is -3.48. The van der Waals surface area contributed by atoms with Crippen molar-refractivity contribution in [3.8, 4) is 0 Å². The molecule has 0 aromatic rings. The first-order valence-electron chi connectivity index (χ1n) is 17.6. The van der Waals surface area contributed by atoms with Gasteiger partial charge in [0, 0.05) is 93.2 Å². The van der Waals surface area contributed by atoms with Crippen LogP contribution in [0.5, 0.6) is 0 Å². The molecule has 53 heavy (non-hydrogen) atoms. The Morgan fingerprint density at radius 3 is 1.49 bits per heavy atom. The van der Waals surface area contributed by atoms with Crippen LogP contribution in [-0.4, -0.2) is 53.9 Å². The number of rotatable bonds is 13. The van der Waals surface area contributed by atoms with Crippen LogP contribution in [-0.2, 0) is 28.8 Å². The lowest BCUT2D eigenvalue weighted by atomic mass is 10.0. The summed E-state index contributed by atoms with van der Waals surface area (Å²) >= 11 is 0. The molecule has 0 radical (unpaired) electrons. The molecular formula is C39H46N8O6. The predicted molar refractivity (Wildman–Crippen MR) is 198 cm³/mol. The number of amidine groups is 1. The zero-order chi connectivity index (χ0) is 38.7. The number of nitrogens with one attached hydrogen (secondary N) is 6. The highest BCUT2D eigenvalue weighted by Crippen LogP contribution is 2.31. The van der Waals surface area contributed by atoms with Gasteiger partial charge in [-0.2, -0.15) is 0 Å². The van der Waals surface area contributed by atoms with Crippen LogP contribution in [0.25, 0.3) is 0 Å². The molecule has 0 fully saturated rings. The van der Waals surface area contributed by atoms with Crippen molar-refractivity contribution in [2.75, 3.05) is 6.54 Å². The molecule has 0 aromatic carbocycles. The molecule has 0 bridgehead atoms. The number of nitrogens with two attached hydrogens (primary N) is 2. The van der Waals surface area contributed by atoms with Crippen LogP contribution >= 0.6 is 0 Å². The van der Waals surface area contributed by atoms with Gasteiger partial charge in [0.05, 0.1) is 5.84 Å². The first kappa shape index (κ1) is 38.2. The van der Waals surface area contributed by atoms with Gasteiger partial charge in [-0.1, -0.05) is 65.0 Å². The van der Waals surface area contributed by atoms with Gasteiger partial charge in [0.2, 0.25) is 17.7 Å². The molecule has 0 spiro atoms. The third-order valence-corrected chi connectivity index (χ3v) is 9.81. The van der Waals surface area contributed by atoms with Crippen LogP contribution in [0.4, 0.5) is 0 Å². The Hall–Kier alpha value is -6.05. The number of carbonyl (C=O) groups excluding carboxylic acids is 6. The fraction of sp³-hybridized carbons (Fsp3) is 0.359. The van der Waals surface area contributed by atoms with Crippen LogP contribution in [0.15, 0.2) is 105 Å². The van der Waals surface area contributed by atoms with Gasteiger partial charge in [0.25, 0.3) is 17.7 Å². The Labute approximate surface area is 307 Å². The number of allylic oxidation sites excluding steroid dienone is 7. The Bertz CT molecular complexity index is 1970. The van der Waals surface area contributed by atoms with Crippen molar-refractivity contribution in [3.63, 3.8) is 0 Å². The van der Waals surface area contributed by atoms with Crippen LogP contribution in [0.2, 0.25) is 0 Å². The molecule has 0 saturated heterocycles. The van der Waals surface area contributed by atoms with E-state index >= 15 is 0 Å². The fourth-order valence-electron chi connectivity index (χ4n) is 6.93. The summed E-state index contributed by atoms with van der Waals surface area (Å²) in [6, 6.07) is -0.373. The maximum absolute atomic E-state index is 13.3. The molecule has 0 aromatic heterocycles. The van der Waals surface area contributed by atoms with E-state index in [2.05, 4.69) is 26.6 Å². The Kier molecular flexibility index (Phi) is 11.3. The molecule has 5 aliphatic rings. The lowest BCUT2D eigenvalue weighted by Gasteiger charge is -2.14. The second kappa shape index (κ2) is 15.7. The summed E-state index contributed by atoms with van der Waals surface area (Å²) in [6.07, 6.45) is 15.9. The van der Waals surface area contributed by atoms with Gasteiger partial charge < -0.3 is 38.1 Å². The Balaban J connectivity index is 1.14. The smallest absolute Gasteiger partial charge is 0.252 e. The molecule has 0 saturated carbocycles. The van der Waals surface area contributed by atoms with Crippen molar-refractivity contribution in [2.45, 2.75) is 53.5 Å². The quantitative estimate of drug-likeness (QED) is 0.103. The molecule has 5 rings (SSSR count). The highest BCUT2D eigenvalue weighted by atomic mass is 16.2. The number of primary amides is 1. The number of hydrogen-bond acceptors (Lipinski definition) is 7. The molecular weight excluding hydrogens is 676 g/mol. The zero-order valence-corrected chi connectivity index (χ0v) is 30.4. The minimum Gasteiger partial charge on any atom is -0.388 e. The minimum atomic E-state index is -0.594. The second-order valence-corrected chi connectivity index (χ2v) is 14.1. The number of carbonyl (C=O) groups is 6. The van der Waals surface area contributed by atoms with Gasteiger partial charge in [0.15, 0.2) is 0 Å². The van der Waals surface area contributed by atoms with Crippen molar-refractivity contribution in [1.29, 1.82) is 5.41 Å². The molecule has 14 heteroatoms. The van der Waals surface area contributed by atoms with Gasteiger partial charge in [-0.05, 0) is 36.6 Å². The lowest BCUT2D eigenvalue weighted by Crippen LogP contribution is -2.34. The maximum Gasteiger partial charge on any atom is 0.252 e. The summed E-state index contributed by atoms with van der Waals surface area (Å²) < 4.78 is 0. The average Bonchev–Trinajstić information content (AvgIpc) is 3.89. The van der Waals surface area contributed by atoms with Gasteiger partial charge >= 0.3 is 0 Å². The normalized spacial score (nSPS) is 25.7. The van der Waals surface area contributed by atoms with Crippen LogP contribution < -0.4 is 38.1 Å². The molecule has 6 amide bonds. The zero-order valence-electron chi connectivity index (χ0n) is 30.4. The summed E-state index contributed by atoms with van der Waals surface area (Å²) in [5.41, 5.74) is 14.8. The highest BCUT2D eigenvalue weighted by molar-refractivity contribution is 6.04. The van der Waals surface area contributed by atoms with Crippen molar-refractivity contribution in [3.05, 3.63) is 105 Å². The van der Waals surface area contributed by atoms with E-state index in [4.69, 9.17) is 16.9 Å².